The Labute approximate surface area is 105 Å². The number of rotatable bonds is 6. The SMILES string of the molecule is COCCCC(N)C(=O)c1cc(F)ccc1Cl. The van der Waals surface area contributed by atoms with Crippen molar-refractivity contribution >= 4 is 17.4 Å². The molecule has 1 unspecified atom stereocenters. The third-order valence-corrected chi connectivity index (χ3v) is 2.72. The van der Waals surface area contributed by atoms with Gasteiger partial charge in [-0.3, -0.25) is 4.79 Å². The molecule has 0 bridgehead atoms. The summed E-state index contributed by atoms with van der Waals surface area (Å²) in [7, 11) is 1.58. The summed E-state index contributed by atoms with van der Waals surface area (Å²) in [5.41, 5.74) is 5.86. The van der Waals surface area contributed by atoms with Gasteiger partial charge in [-0.1, -0.05) is 11.6 Å². The van der Waals surface area contributed by atoms with Crippen molar-refractivity contribution < 1.29 is 13.9 Å². The third-order valence-electron chi connectivity index (χ3n) is 2.39. The van der Waals surface area contributed by atoms with E-state index in [1.807, 2.05) is 0 Å². The standard InChI is InChI=1S/C12H15ClFNO2/c1-17-6-2-3-11(15)12(16)9-7-8(14)4-5-10(9)13/h4-5,7,11H,2-3,6,15H2,1H3. The number of Topliss-reactive ketones (excluding diaryl/α,β-unsaturated/α-hetero) is 1. The highest BCUT2D eigenvalue weighted by molar-refractivity contribution is 6.34. The lowest BCUT2D eigenvalue weighted by atomic mass is 10.0. The molecule has 1 aromatic carbocycles. The van der Waals surface area contributed by atoms with Crippen LogP contribution in [0, 0.1) is 5.82 Å². The molecule has 2 N–H and O–H groups in total. The van der Waals surface area contributed by atoms with E-state index >= 15 is 0 Å². The molecule has 1 rings (SSSR count). The van der Waals surface area contributed by atoms with Gasteiger partial charge in [-0.05, 0) is 31.0 Å². The van der Waals surface area contributed by atoms with Crippen molar-refractivity contribution in [2.75, 3.05) is 13.7 Å². The molecule has 0 radical (unpaired) electrons. The molecule has 0 aliphatic heterocycles. The molecule has 0 aliphatic rings. The number of ketones is 1. The zero-order valence-electron chi connectivity index (χ0n) is 9.58. The quantitative estimate of drug-likeness (QED) is 0.631. The number of hydrogen-bond donors (Lipinski definition) is 1. The molecule has 0 heterocycles. The number of nitrogens with two attached hydrogens (primary N) is 1. The first-order valence-corrected chi connectivity index (χ1v) is 5.68. The van der Waals surface area contributed by atoms with Gasteiger partial charge < -0.3 is 10.5 Å². The van der Waals surface area contributed by atoms with Crippen LogP contribution in [0.25, 0.3) is 0 Å². The number of hydrogen-bond acceptors (Lipinski definition) is 3. The van der Waals surface area contributed by atoms with Gasteiger partial charge in [0.1, 0.15) is 5.82 Å². The van der Waals surface area contributed by atoms with Crippen LogP contribution in [0.1, 0.15) is 23.2 Å². The molecule has 0 saturated carbocycles. The molecule has 5 heteroatoms. The van der Waals surface area contributed by atoms with E-state index in [1.165, 1.54) is 12.1 Å². The molecule has 1 atom stereocenters. The fraction of sp³-hybridized carbons (Fsp3) is 0.417. The summed E-state index contributed by atoms with van der Waals surface area (Å²) in [6.45, 7) is 0.540. The van der Waals surface area contributed by atoms with Gasteiger partial charge in [0.15, 0.2) is 5.78 Å². The fourth-order valence-corrected chi connectivity index (χ4v) is 1.68. The van der Waals surface area contributed by atoms with Crippen LogP contribution in [0.4, 0.5) is 4.39 Å². The highest BCUT2D eigenvalue weighted by Gasteiger charge is 2.18. The Morgan fingerprint density at radius 1 is 1.59 bits per heavy atom. The molecule has 0 amide bonds. The lowest BCUT2D eigenvalue weighted by Gasteiger charge is -2.11. The van der Waals surface area contributed by atoms with Gasteiger partial charge in [-0.15, -0.1) is 0 Å². The molecule has 0 aliphatic carbocycles. The van der Waals surface area contributed by atoms with Crippen molar-refractivity contribution in [2.45, 2.75) is 18.9 Å². The summed E-state index contributed by atoms with van der Waals surface area (Å²) in [5.74, 6) is -0.840. The first-order chi connectivity index (χ1) is 8.06. The average molecular weight is 260 g/mol. The second kappa shape index (κ2) is 6.69. The number of carbonyl (C=O) groups is 1. The van der Waals surface area contributed by atoms with Crippen molar-refractivity contribution in [3.8, 4) is 0 Å². The minimum absolute atomic E-state index is 0.136. The van der Waals surface area contributed by atoms with Crippen molar-refractivity contribution in [1.82, 2.24) is 0 Å². The number of halogens is 2. The average Bonchev–Trinajstić information content (AvgIpc) is 2.31. The summed E-state index contributed by atoms with van der Waals surface area (Å²) in [6, 6.07) is 2.99. The topological polar surface area (TPSA) is 52.3 Å². The minimum atomic E-state index is -0.676. The van der Waals surface area contributed by atoms with Crippen LogP contribution in [0.15, 0.2) is 18.2 Å². The number of benzene rings is 1. The van der Waals surface area contributed by atoms with Crippen molar-refractivity contribution in [3.05, 3.63) is 34.6 Å². The largest absolute Gasteiger partial charge is 0.385 e. The van der Waals surface area contributed by atoms with Gasteiger partial charge in [-0.25, -0.2) is 4.39 Å². The molecular weight excluding hydrogens is 245 g/mol. The molecule has 0 saturated heterocycles. The number of methoxy groups -OCH3 is 1. The Balaban J connectivity index is 2.71. The third kappa shape index (κ3) is 4.07. The number of ether oxygens (including phenoxy) is 1. The summed E-state index contributed by atoms with van der Waals surface area (Å²) >= 11 is 5.83. The van der Waals surface area contributed by atoms with Crippen LogP contribution < -0.4 is 5.73 Å². The predicted molar refractivity (Wildman–Crippen MR) is 64.8 cm³/mol. The number of carbonyl (C=O) groups excluding carboxylic acids is 1. The van der Waals surface area contributed by atoms with E-state index in [0.717, 1.165) is 6.07 Å². The van der Waals surface area contributed by atoms with Gasteiger partial charge in [0.25, 0.3) is 0 Å². The van der Waals surface area contributed by atoms with E-state index < -0.39 is 11.9 Å². The maximum atomic E-state index is 13.0. The van der Waals surface area contributed by atoms with E-state index in [2.05, 4.69) is 0 Å². The van der Waals surface area contributed by atoms with Crippen molar-refractivity contribution in [3.63, 3.8) is 0 Å². The van der Waals surface area contributed by atoms with Gasteiger partial charge >= 0.3 is 0 Å². The van der Waals surface area contributed by atoms with E-state index in [-0.39, 0.29) is 16.4 Å². The molecule has 0 aromatic heterocycles. The lowest BCUT2D eigenvalue weighted by Crippen LogP contribution is -2.31. The molecule has 0 fully saturated rings. The van der Waals surface area contributed by atoms with Gasteiger partial charge in [0, 0.05) is 19.3 Å². The van der Waals surface area contributed by atoms with Crippen LogP contribution in [0.3, 0.4) is 0 Å². The molecule has 3 nitrogen and oxygen atoms in total. The summed E-state index contributed by atoms with van der Waals surface area (Å²) in [4.78, 5) is 11.9. The molecule has 1 aromatic rings. The van der Waals surface area contributed by atoms with E-state index in [1.54, 1.807) is 7.11 Å². The van der Waals surface area contributed by atoms with Crippen molar-refractivity contribution in [1.29, 1.82) is 0 Å². The van der Waals surface area contributed by atoms with E-state index in [9.17, 15) is 9.18 Å². The first kappa shape index (κ1) is 14.1. The van der Waals surface area contributed by atoms with Gasteiger partial charge in [0.2, 0.25) is 0 Å². The Bertz CT molecular complexity index is 398. The second-order valence-corrected chi connectivity index (χ2v) is 4.14. The molecule has 17 heavy (non-hydrogen) atoms. The lowest BCUT2D eigenvalue weighted by molar-refractivity contribution is 0.0950. The Hall–Kier alpha value is -0.970. The first-order valence-electron chi connectivity index (χ1n) is 5.30. The summed E-state index contributed by atoms with van der Waals surface area (Å²) < 4.78 is 17.9. The summed E-state index contributed by atoms with van der Waals surface area (Å²) in [5, 5.41) is 0.221. The van der Waals surface area contributed by atoms with Crippen LogP contribution >= 0.6 is 11.6 Å². The smallest absolute Gasteiger partial charge is 0.181 e. The molecule has 0 spiro atoms. The fourth-order valence-electron chi connectivity index (χ4n) is 1.46. The van der Waals surface area contributed by atoms with Gasteiger partial charge in [-0.2, -0.15) is 0 Å². The maximum absolute atomic E-state index is 13.0. The van der Waals surface area contributed by atoms with Gasteiger partial charge in [0.05, 0.1) is 11.1 Å². The highest BCUT2D eigenvalue weighted by atomic mass is 35.5. The van der Waals surface area contributed by atoms with E-state index in [0.29, 0.717) is 19.4 Å². The monoisotopic (exact) mass is 259 g/mol. The minimum Gasteiger partial charge on any atom is -0.385 e. The van der Waals surface area contributed by atoms with Crippen LogP contribution in [0.5, 0.6) is 0 Å². The maximum Gasteiger partial charge on any atom is 0.181 e. The predicted octanol–water partition coefficient (Wildman–Crippen LogP) is 2.42. The van der Waals surface area contributed by atoms with Crippen molar-refractivity contribution in [2.24, 2.45) is 5.73 Å². The van der Waals surface area contributed by atoms with Crippen LogP contribution in [0.2, 0.25) is 5.02 Å². The second-order valence-electron chi connectivity index (χ2n) is 3.73. The highest BCUT2D eigenvalue weighted by Crippen LogP contribution is 2.19. The normalized spacial score (nSPS) is 12.5. The van der Waals surface area contributed by atoms with E-state index in [4.69, 9.17) is 22.1 Å². The Morgan fingerprint density at radius 2 is 2.29 bits per heavy atom. The van der Waals surface area contributed by atoms with Crippen LogP contribution in [-0.2, 0) is 4.74 Å². The van der Waals surface area contributed by atoms with Crippen LogP contribution in [-0.4, -0.2) is 25.5 Å². The summed E-state index contributed by atoms with van der Waals surface area (Å²) in [6.07, 6.45) is 1.16. The molecule has 94 valence electrons. The Kier molecular flexibility index (Phi) is 5.55. The zero-order valence-corrected chi connectivity index (χ0v) is 10.3. The zero-order chi connectivity index (χ0) is 12.8. The Morgan fingerprint density at radius 3 is 2.94 bits per heavy atom. The molecular formula is C12H15ClFNO2.